The van der Waals surface area contributed by atoms with Crippen LogP contribution in [0.25, 0.3) is 0 Å². The van der Waals surface area contributed by atoms with Crippen molar-refractivity contribution in [2.24, 2.45) is 11.7 Å². The summed E-state index contributed by atoms with van der Waals surface area (Å²) in [5.74, 6) is -0.0838. The van der Waals surface area contributed by atoms with Gasteiger partial charge in [0.25, 0.3) is 0 Å². The van der Waals surface area contributed by atoms with Crippen LogP contribution in [0.2, 0.25) is 0 Å². The third kappa shape index (κ3) is 3.94. The van der Waals surface area contributed by atoms with Crippen molar-refractivity contribution in [3.05, 3.63) is 29.8 Å². The Balaban J connectivity index is 1.60. The van der Waals surface area contributed by atoms with Gasteiger partial charge in [-0.25, -0.2) is 0 Å². The first-order valence-corrected chi connectivity index (χ1v) is 10.2. The molecule has 29 heavy (non-hydrogen) atoms. The first-order chi connectivity index (χ1) is 14.0. The Morgan fingerprint density at radius 3 is 2.55 bits per heavy atom. The molecule has 3 fully saturated rings. The van der Waals surface area contributed by atoms with E-state index in [0.717, 1.165) is 30.6 Å². The lowest BCUT2D eigenvalue weighted by atomic mass is 9.89. The van der Waals surface area contributed by atoms with Crippen LogP contribution in [-0.2, 0) is 14.4 Å². The van der Waals surface area contributed by atoms with Gasteiger partial charge in [-0.3, -0.25) is 19.3 Å². The summed E-state index contributed by atoms with van der Waals surface area (Å²) < 4.78 is 5.25. The number of nitrogens with zero attached hydrogens (tertiary/aromatic N) is 2. The molecule has 2 aliphatic heterocycles. The van der Waals surface area contributed by atoms with E-state index in [2.05, 4.69) is 5.32 Å². The monoisotopic (exact) mass is 400 g/mol. The summed E-state index contributed by atoms with van der Waals surface area (Å²) in [7, 11) is 1.61. The molecule has 8 nitrogen and oxygen atoms in total. The van der Waals surface area contributed by atoms with Gasteiger partial charge in [-0.2, -0.15) is 0 Å². The normalized spacial score (nSPS) is 27.3. The molecule has 2 saturated heterocycles. The van der Waals surface area contributed by atoms with Crippen LogP contribution < -0.4 is 15.8 Å². The highest BCUT2D eigenvalue weighted by Gasteiger charge is 2.50. The van der Waals surface area contributed by atoms with Crippen LogP contribution in [0.3, 0.4) is 0 Å². The summed E-state index contributed by atoms with van der Waals surface area (Å²) in [6.45, 7) is 0.750. The molecule has 1 aliphatic carbocycles. The maximum atomic E-state index is 13.1. The van der Waals surface area contributed by atoms with Crippen LogP contribution >= 0.6 is 0 Å². The zero-order valence-electron chi connectivity index (χ0n) is 16.7. The maximum absolute atomic E-state index is 13.1. The van der Waals surface area contributed by atoms with Gasteiger partial charge >= 0.3 is 0 Å². The molecule has 0 bridgehead atoms. The van der Waals surface area contributed by atoms with Gasteiger partial charge in [-0.05, 0) is 43.4 Å². The second kappa shape index (κ2) is 8.02. The molecule has 8 heteroatoms. The van der Waals surface area contributed by atoms with E-state index in [-0.39, 0.29) is 48.9 Å². The average molecular weight is 400 g/mol. The third-order valence-corrected chi connectivity index (χ3v) is 6.34. The maximum Gasteiger partial charge on any atom is 0.237 e. The summed E-state index contributed by atoms with van der Waals surface area (Å²) in [6, 6.07) is 7.40. The lowest BCUT2D eigenvalue weighted by Crippen LogP contribution is -2.55. The number of carbonyl (C=O) groups excluding carboxylic acids is 3. The number of benzene rings is 1. The number of carbonyl (C=O) groups is 3. The smallest absolute Gasteiger partial charge is 0.237 e. The number of methoxy groups -OCH3 is 1. The van der Waals surface area contributed by atoms with Crippen LogP contribution in [0, 0.1) is 5.92 Å². The van der Waals surface area contributed by atoms with Gasteiger partial charge in [0.15, 0.2) is 0 Å². The number of fused-ring (bicyclic) bond motifs is 1. The van der Waals surface area contributed by atoms with E-state index in [1.807, 2.05) is 29.2 Å². The highest BCUT2D eigenvalue weighted by molar-refractivity contribution is 5.86. The number of hydrogen-bond acceptors (Lipinski definition) is 5. The summed E-state index contributed by atoms with van der Waals surface area (Å²) in [5, 5.41) is 3.16. The molecular weight excluding hydrogens is 372 g/mol. The van der Waals surface area contributed by atoms with Crippen molar-refractivity contribution in [1.82, 2.24) is 15.1 Å². The number of amides is 3. The van der Waals surface area contributed by atoms with Gasteiger partial charge in [0.1, 0.15) is 5.75 Å². The fourth-order valence-electron chi connectivity index (χ4n) is 4.76. The van der Waals surface area contributed by atoms with Gasteiger partial charge in [0, 0.05) is 18.6 Å². The number of nitrogens with two attached hydrogens (primary N) is 1. The Bertz CT molecular complexity index is 792. The lowest BCUT2D eigenvalue weighted by molar-refractivity contribution is -0.141. The standard InChI is InChI=1S/C21H28N4O4/c1-29-16-7-5-13(6-8-16)20-17(21(28)23-14-3-2-4-14)9-15-10-24(11-18(22)26)12-19(27)25(15)20/h5-8,14-15,17,20H,2-4,9-12H2,1H3,(H2,22,26)(H,23,28)/t15-,17-,20-/m1/s1. The van der Waals surface area contributed by atoms with E-state index in [0.29, 0.717) is 13.0 Å². The predicted octanol–water partition coefficient (Wildman–Crippen LogP) is 0.423. The van der Waals surface area contributed by atoms with Crippen molar-refractivity contribution < 1.29 is 19.1 Å². The Hall–Kier alpha value is -2.61. The number of rotatable bonds is 6. The largest absolute Gasteiger partial charge is 0.497 e. The molecule has 3 N–H and O–H groups in total. The second-order valence-electron chi connectivity index (χ2n) is 8.29. The fraction of sp³-hybridized carbons (Fsp3) is 0.571. The van der Waals surface area contributed by atoms with Crippen LogP contribution in [0.1, 0.15) is 37.3 Å². The Labute approximate surface area is 170 Å². The number of hydrogen-bond donors (Lipinski definition) is 2. The van der Waals surface area contributed by atoms with E-state index >= 15 is 0 Å². The quantitative estimate of drug-likeness (QED) is 0.720. The zero-order valence-corrected chi connectivity index (χ0v) is 16.7. The molecule has 0 unspecified atom stereocenters. The highest BCUT2D eigenvalue weighted by atomic mass is 16.5. The Kier molecular flexibility index (Phi) is 5.45. The SMILES string of the molecule is COc1ccc([C@@H]2[C@H](C(=O)NC3CCC3)C[C@@H]3CN(CC(N)=O)CC(=O)N32)cc1. The fourth-order valence-corrected chi connectivity index (χ4v) is 4.76. The molecule has 156 valence electrons. The number of nitrogens with one attached hydrogen (secondary N) is 1. The van der Waals surface area contributed by atoms with E-state index < -0.39 is 5.91 Å². The minimum atomic E-state index is -0.449. The summed E-state index contributed by atoms with van der Waals surface area (Å²) in [6.07, 6.45) is 3.76. The predicted molar refractivity (Wildman–Crippen MR) is 106 cm³/mol. The van der Waals surface area contributed by atoms with Gasteiger partial charge in [-0.1, -0.05) is 12.1 Å². The Morgan fingerprint density at radius 2 is 1.97 bits per heavy atom. The molecule has 2 heterocycles. The minimum Gasteiger partial charge on any atom is -0.497 e. The molecule has 1 saturated carbocycles. The molecule has 1 aromatic carbocycles. The molecular formula is C21H28N4O4. The molecule has 3 amide bonds. The molecule has 0 spiro atoms. The molecule has 3 aliphatic rings. The van der Waals surface area contributed by atoms with Crippen molar-refractivity contribution in [2.45, 2.75) is 43.8 Å². The minimum absolute atomic E-state index is 0.0131. The van der Waals surface area contributed by atoms with Crippen molar-refractivity contribution in [2.75, 3.05) is 26.7 Å². The van der Waals surface area contributed by atoms with Gasteiger partial charge in [-0.15, -0.1) is 0 Å². The van der Waals surface area contributed by atoms with Crippen LogP contribution in [0.5, 0.6) is 5.75 Å². The molecule has 0 aromatic heterocycles. The summed E-state index contributed by atoms with van der Waals surface area (Å²) >= 11 is 0. The average Bonchev–Trinajstić information content (AvgIpc) is 3.04. The number of piperazine rings is 1. The molecule has 4 rings (SSSR count). The van der Waals surface area contributed by atoms with Crippen LogP contribution in [0.15, 0.2) is 24.3 Å². The van der Waals surface area contributed by atoms with Crippen LogP contribution in [0.4, 0.5) is 0 Å². The Morgan fingerprint density at radius 1 is 1.24 bits per heavy atom. The first kappa shape index (κ1) is 19.7. The van der Waals surface area contributed by atoms with Crippen molar-refractivity contribution >= 4 is 17.7 Å². The molecule has 3 atom stereocenters. The first-order valence-electron chi connectivity index (χ1n) is 10.2. The number of primary amides is 1. The molecule has 0 radical (unpaired) electrons. The lowest BCUT2D eigenvalue weighted by Gasteiger charge is -2.39. The van der Waals surface area contributed by atoms with E-state index in [1.165, 1.54) is 0 Å². The summed E-state index contributed by atoms with van der Waals surface area (Å²) in [4.78, 5) is 41.1. The number of ether oxygens (including phenoxy) is 1. The van der Waals surface area contributed by atoms with Crippen molar-refractivity contribution in [3.63, 3.8) is 0 Å². The van der Waals surface area contributed by atoms with Gasteiger partial charge in [0.05, 0.1) is 32.2 Å². The van der Waals surface area contributed by atoms with E-state index in [1.54, 1.807) is 12.0 Å². The molecule has 1 aromatic rings. The van der Waals surface area contributed by atoms with Gasteiger partial charge < -0.3 is 20.7 Å². The van der Waals surface area contributed by atoms with Crippen molar-refractivity contribution in [1.29, 1.82) is 0 Å². The van der Waals surface area contributed by atoms with Crippen molar-refractivity contribution in [3.8, 4) is 5.75 Å². The summed E-state index contributed by atoms with van der Waals surface area (Å²) in [5.41, 5.74) is 6.25. The highest BCUT2D eigenvalue weighted by Crippen LogP contribution is 2.43. The van der Waals surface area contributed by atoms with E-state index in [4.69, 9.17) is 10.5 Å². The van der Waals surface area contributed by atoms with Crippen LogP contribution in [-0.4, -0.2) is 66.3 Å². The second-order valence-corrected chi connectivity index (χ2v) is 8.29. The zero-order chi connectivity index (χ0) is 20.5. The topological polar surface area (TPSA) is 105 Å². The van der Waals surface area contributed by atoms with Gasteiger partial charge in [0.2, 0.25) is 17.7 Å². The van der Waals surface area contributed by atoms with E-state index in [9.17, 15) is 14.4 Å². The third-order valence-electron chi connectivity index (χ3n) is 6.34.